The Labute approximate surface area is 110 Å². The van der Waals surface area contributed by atoms with Crippen molar-refractivity contribution in [1.82, 2.24) is 0 Å². The Balaban J connectivity index is 2.10. The second-order valence-electron chi connectivity index (χ2n) is 4.76. The molecule has 1 aromatic carbocycles. The quantitative estimate of drug-likeness (QED) is 0.901. The van der Waals surface area contributed by atoms with Gasteiger partial charge >= 0.3 is 0 Å². The smallest absolute Gasteiger partial charge is 0.231 e. The summed E-state index contributed by atoms with van der Waals surface area (Å²) in [6.45, 7) is 2.44. The van der Waals surface area contributed by atoms with Gasteiger partial charge in [-0.2, -0.15) is 0 Å². The van der Waals surface area contributed by atoms with Gasteiger partial charge in [-0.05, 0) is 43.5 Å². The van der Waals surface area contributed by atoms with Crippen molar-refractivity contribution in [2.45, 2.75) is 26.2 Å². The minimum absolute atomic E-state index is 0.0629. The molecule has 1 fully saturated rings. The van der Waals surface area contributed by atoms with Crippen LogP contribution in [0.5, 0.6) is 0 Å². The molecule has 1 aromatic rings. The van der Waals surface area contributed by atoms with Gasteiger partial charge in [-0.3, -0.25) is 4.79 Å². The number of hydrogen-bond donors (Lipinski definition) is 2. The number of rotatable bonds is 3. The Hall–Kier alpha value is -0.870. The van der Waals surface area contributed by atoms with Crippen LogP contribution < -0.4 is 11.1 Å². The first kappa shape index (κ1) is 12.6. The lowest BCUT2D eigenvalue weighted by Gasteiger charge is -2.39. The summed E-state index contributed by atoms with van der Waals surface area (Å²) in [5.41, 5.74) is 7.34. The standard InChI is InChI=1S/C13H17BrN2O/c1-9-7-10(3-4-11(9)14)16-12(17)13(8-15)5-2-6-13/h3-4,7H,2,5-6,8,15H2,1H3,(H,16,17). The number of carbonyl (C=O) groups is 1. The molecule has 0 unspecified atom stereocenters. The van der Waals surface area contributed by atoms with E-state index in [1.165, 1.54) is 0 Å². The number of nitrogens with one attached hydrogen (secondary N) is 1. The maximum atomic E-state index is 12.1. The van der Waals surface area contributed by atoms with E-state index in [-0.39, 0.29) is 11.3 Å². The Kier molecular flexibility index (Phi) is 3.54. The number of hydrogen-bond acceptors (Lipinski definition) is 2. The van der Waals surface area contributed by atoms with Gasteiger partial charge in [0.2, 0.25) is 5.91 Å². The summed E-state index contributed by atoms with van der Waals surface area (Å²) in [6, 6.07) is 5.81. The second kappa shape index (κ2) is 4.78. The number of anilines is 1. The van der Waals surface area contributed by atoms with Crippen molar-refractivity contribution in [2.24, 2.45) is 11.1 Å². The highest BCUT2D eigenvalue weighted by Crippen LogP contribution is 2.40. The van der Waals surface area contributed by atoms with Gasteiger partial charge in [0.1, 0.15) is 0 Å². The first-order valence-electron chi connectivity index (χ1n) is 5.85. The maximum absolute atomic E-state index is 12.1. The first-order chi connectivity index (χ1) is 8.07. The van der Waals surface area contributed by atoms with Crippen LogP contribution in [0.3, 0.4) is 0 Å². The molecule has 17 heavy (non-hydrogen) atoms. The number of aryl methyl sites for hydroxylation is 1. The van der Waals surface area contributed by atoms with Gasteiger partial charge in [0.25, 0.3) is 0 Å². The van der Waals surface area contributed by atoms with Crippen molar-refractivity contribution in [1.29, 1.82) is 0 Å². The molecule has 0 aliphatic heterocycles. The predicted molar refractivity (Wildman–Crippen MR) is 72.8 cm³/mol. The van der Waals surface area contributed by atoms with Crippen LogP contribution in [0.15, 0.2) is 22.7 Å². The van der Waals surface area contributed by atoms with E-state index in [1.54, 1.807) is 0 Å². The molecular weight excluding hydrogens is 280 g/mol. The molecule has 2 rings (SSSR count). The summed E-state index contributed by atoms with van der Waals surface area (Å²) >= 11 is 3.44. The third kappa shape index (κ3) is 2.38. The van der Waals surface area contributed by atoms with Crippen LogP contribution in [0.4, 0.5) is 5.69 Å². The third-order valence-corrected chi connectivity index (χ3v) is 4.49. The normalized spacial score (nSPS) is 17.4. The first-order valence-corrected chi connectivity index (χ1v) is 6.64. The molecule has 1 amide bonds. The average molecular weight is 297 g/mol. The fraction of sp³-hybridized carbons (Fsp3) is 0.462. The van der Waals surface area contributed by atoms with Crippen LogP contribution in [-0.4, -0.2) is 12.5 Å². The Morgan fingerprint density at radius 1 is 1.53 bits per heavy atom. The zero-order chi connectivity index (χ0) is 12.5. The van der Waals surface area contributed by atoms with E-state index in [1.807, 2.05) is 25.1 Å². The molecule has 1 aliphatic carbocycles. The van der Waals surface area contributed by atoms with Crippen molar-refractivity contribution in [3.63, 3.8) is 0 Å². The molecule has 3 N–H and O–H groups in total. The summed E-state index contributed by atoms with van der Waals surface area (Å²) < 4.78 is 1.05. The molecule has 3 nitrogen and oxygen atoms in total. The summed E-state index contributed by atoms with van der Waals surface area (Å²) in [5.74, 6) is 0.0629. The number of amides is 1. The monoisotopic (exact) mass is 296 g/mol. The highest BCUT2D eigenvalue weighted by molar-refractivity contribution is 9.10. The predicted octanol–water partition coefficient (Wildman–Crippen LogP) is 2.83. The van der Waals surface area contributed by atoms with E-state index >= 15 is 0 Å². The van der Waals surface area contributed by atoms with E-state index in [0.29, 0.717) is 6.54 Å². The lowest BCUT2D eigenvalue weighted by Crippen LogP contribution is -2.47. The molecule has 0 spiro atoms. The van der Waals surface area contributed by atoms with Crippen molar-refractivity contribution in [3.05, 3.63) is 28.2 Å². The van der Waals surface area contributed by atoms with Gasteiger partial charge < -0.3 is 11.1 Å². The SMILES string of the molecule is Cc1cc(NC(=O)C2(CN)CCC2)ccc1Br. The molecule has 0 bridgehead atoms. The van der Waals surface area contributed by atoms with Gasteiger partial charge in [0, 0.05) is 16.7 Å². The van der Waals surface area contributed by atoms with Gasteiger partial charge in [-0.25, -0.2) is 0 Å². The summed E-state index contributed by atoms with van der Waals surface area (Å²) in [5, 5.41) is 2.96. The van der Waals surface area contributed by atoms with Crippen LogP contribution in [-0.2, 0) is 4.79 Å². The highest BCUT2D eigenvalue weighted by Gasteiger charge is 2.42. The van der Waals surface area contributed by atoms with Crippen LogP contribution >= 0.6 is 15.9 Å². The molecule has 4 heteroatoms. The van der Waals surface area contributed by atoms with Gasteiger partial charge in [0.15, 0.2) is 0 Å². The molecule has 1 aliphatic rings. The van der Waals surface area contributed by atoms with Crippen molar-refractivity contribution in [2.75, 3.05) is 11.9 Å². The second-order valence-corrected chi connectivity index (χ2v) is 5.61. The third-order valence-electron chi connectivity index (χ3n) is 3.60. The number of carbonyl (C=O) groups excluding carboxylic acids is 1. The summed E-state index contributed by atoms with van der Waals surface area (Å²) in [7, 11) is 0. The number of nitrogens with two attached hydrogens (primary N) is 1. The zero-order valence-corrected chi connectivity index (χ0v) is 11.5. The molecule has 92 valence electrons. The highest BCUT2D eigenvalue weighted by atomic mass is 79.9. The molecule has 0 atom stereocenters. The average Bonchev–Trinajstić information content (AvgIpc) is 2.23. The summed E-state index contributed by atoms with van der Waals surface area (Å²) in [4.78, 5) is 12.1. The zero-order valence-electron chi connectivity index (χ0n) is 9.92. The van der Waals surface area contributed by atoms with E-state index in [4.69, 9.17) is 5.73 Å². The van der Waals surface area contributed by atoms with Crippen LogP contribution in [0, 0.1) is 12.3 Å². The Bertz CT molecular complexity index is 436. The van der Waals surface area contributed by atoms with Crippen molar-refractivity contribution in [3.8, 4) is 0 Å². The topological polar surface area (TPSA) is 55.1 Å². The molecule has 0 radical (unpaired) electrons. The van der Waals surface area contributed by atoms with E-state index in [2.05, 4.69) is 21.2 Å². The van der Waals surface area contributed by atoms with Crippen LogP contribution in [0.2, 0.25) is 0 Å². The minimum atomic E-state index is -0.318. The van der Waals surface area contributed by atoms with Crippen LogP contribution in [0.25, 0.3) is 0 Å². The van der Waals surface area contributed by atoms with Crippen molar-refractivity contribution < 1.29 is 4.79 Å². The fourth-order valence-corrected chi connectivity index (χ4v) is 2.36. The fourth-order valence-electron chi connectivity index (χ4n) is 2.11. The maximum Gasteiger partial charge on any atom is 0.231 e. The number of halogens is 1. The molecule has 1 saturated carbocycles. The molecule has 0 heterocycles. The van der Waals surface area contributed by atoms with E-state index < -0.39 is 0 Å². The largest absolute Gasteiger partial charge is 0.329 e. The van der Waals surface area contributed by atoms with Crippen LogP contribution in [0.1, 0.15) is 24.8 Å². The molecule has 0 aromatic heterocycles. The van der Waals surface area contributed by atoms with Gasteiger partial charge in [-0.15, -0.1) is 0 Å². The van der Waals surface area contributed by atoms with E-state index in [9.17, 15) is 4.79 Å². The molecule has 0 saturated heterocycles. The summed E-state index contributed by atoms with van der Waals surface area (Å²) in [6.07, 6.45) is 2.92. The van der Waals surface area contributed by atoms with Crippen molar-refractivity contribution >= 4 is 27.5 Å². The molecular formula is C13H17BrN2O. The minimum Gasteiger partial charge on any atom is -0.329 e. The van der Waals surface area contributed by atoms with Gasteiger partial charge in [-0.1, -0.05) is 22.4 Å². The lowest BCUT2D eigenvalue weighted by molar-refractivity contribution is -0.129. The van der Waals surface area contributed by atoms with E-state index in [0.717, 1.165) is 35.0 Å². The lowest BCUT2D eigenvalue weighted by atomic mass is 9.68. The van der Waals surface area contributed by atoms with Gasteiger partial charge in [0.05, 0.1) is 5.41 Å². The number of benzene rings is 1. The Morgan fingerprint density at radius 3 is 2.71 bits per heavy atom. The Morgan fingerprint density at radius 2 is 2.24 bits per heavy atom.